The van der Waals surface area contributed by atoms with Crippen molar-refractivity contribution in [1.29, 1.82) is 0 Å². The number of rotatable bonds is 3. The van der Waals surface area contributed by atoms with Crippen molar-refractivity contribution in [3.05, 3.63) is 59.7 Å². The van der Waals surface area contributed by atoms with Gasteiger partial charge < -0.3 is 46.5 Å². The van der Waals surface area contributed by atoms with Crippen LogP contribution >= 0.6 is 0 Å². The molecule has 20 heavy (non-hydrogen) atoms. The second-order valence-corrected chi connectivity index (χ2v) is 4.33. The number of quaternary nitrogens is 2. The second-order valence-electron chi connectivity index (χ2n) is 4.33. The largest absolute Gasteiger partial charge is 1.00 e. The standard InChI is InChI=1S/C14H16N2O2.2ClH/c15-13(9-5-1-3-7-11(9)17)14(16)10-6-2-4-8-12(10)18;;/h1-8,13-14,17-18H,15-16H2;2*1H/t13-,14+;;. The highest BCUT2D eigenvalue weighted by atomic mass is 35.5. The molecule has 0 spiro atoms. The third-order valence-corrected chi connectivity index (χ3v) is 3.16. The van der Waals surface area contributed by atoms with Crippen LogP contribution in [0.15, 0.2) is 48.5 Å². The maximum absolute atomic E-state index is 9.82. The Morgan fingerprint density at radius 1 is 0.650 bits per heavy atom. The van der Waals surface area contributed by atoms with E-state index < -0.39 is 0 Å². The van der Waals surface area contributed by atoms with E-state index in [1.807, 2.05) is 24.3 Å². The van der Waals surface area contributed by atoms with Gasteiger partial charge in [-0.15, -0.1) is 0 Å². The molecule has 110 valence electrons. The predicted molar refractivity (Wildman–Crippen MR) is 67.5 cm³/mol. The molecule has 0 aliphatic carbocycles. The Morgan fingerprint density at radius 2 is 0.950 bits per heavy atom. The van der Waals surface area contributed by atoms with Crippen LogP contribution < -0.4 is 36.3 Å². The first kappa shape index (κ1) is 18.5. The van der Waals surface area contributed by atoms with Gasteiger partial charge in [0.25, 0.3) is 0 Å². The SMILES string of the molecule is [Cl-].[Cl-].[NH3+][C@H](c1ccccc1O)[C@@H]([NH3+])c1ccccc1O. The van der Waals surface area contributed by atoms with E-state index in [1.165, 1.54) is 0 Å². The Hall–Kier alpha value is -1.46. The second kappa shape index (κ2) is 7.97. The van der Waals surface area contributed by atoms with Crippen molar-refractivity contribution in [1.82, 2.24) is 0 Å². The monoisotopic (exact) mass is 316 g/mol. The molecule has 0 aliphatic heterocycles. The Bertz CT molecular complexity index is 503. The van der Waals surface area contributed by atoms with Crippen LogP contribution in [-0.2, 0) is 0 Å². The van der Waals surface area contributed by atoms with E-state index in [0.717, 1.165) is 11.1 Å². The molecule has 6 heteroatoms. The van der Waals surface area contributed by atoms with Gasteiger partial charge in [-0.2, -0.15) is 0 Å². The first-order valence-corrected chi connectivity index (χ1v) is 5.83. The van der Waals surface area contributed by atoms with Gasteiger partial charge in [0.05, 0.1) is 11.1 Å². The van der Waals surface area contributed by atoms with Gasteiger partial charge in [-0.3, -0.25) is 0 Å². The summed E-state index contributed by atoms with van der Waals surface area (Å²) >= 11 is 0. The molecule has 0 fully saturated rings. The molecule has 0 radical (unpaired) electrons. The normalized spacial score (nSPS) is 12.7. The summed E-state index contributed by atoms with van der Waals surface area (Å²) in [5, 5.41) is 19.6. The Balaban J connectivity index is 0.00000180. The minimum absolute atomic E-state index is 0. The summed E-state index contributed by atoms with van der Waals surface area (Å²) in [6, 6.07) is 13.7. The summed E-state index contributed by atoms with van der Waals surface area (Å²) in [6.45, 7) is 0. The lowest BCUT2D eigenvalue weighted by Crippen LogP contribution is -3.00. The molecule has 0 aliphatic rings. The zero-order valence-corrected chi connectivity index (χ0v) is 12.3. The molecule has 2 rings (SSSR count). The summed E-state index contributed by atoms with van der Waals surface area (Å²) in [5.41, 5.74) is 9.58. The fourth-order valence-electron chi connectivity index (χ4n) is 2.04. The van der Waals surface area contributed by atoms with Crippen LogP contribution in [0.25, 0.3) is 0 Å². The fourth-order valence-corrected chi connectivity index (χ4v) is 2.04. The van der Waals surface area contributed by atoms with E-state index in [4.69, 9.17) is 0 Å². The van der Waals surface area contributed by atoms with Gasteiger partial charge in [0.15, 0.2) is 12.1 Å². The van der Waals surface area contributed by atoms with Crippen LogP contribution in [0.4, 0.5) is 0 Å². The zero-order valence-electron chi connectivity index (χ0n) is 10.8. The molecule has 0 unspecified atom stereocenters. The maximum Gasteiger partial charge on any atom is 0.170 e. The highest BCUT2D eigenvalue weighted by Gasteiger charge is 2.28. The Labute approximate surface area is 130 Å². The topological polar surface area (TPSA) is 95.7 Å². The first-order valence-electron chi connectivity index (χ1n) is 5.83. The van der Waals surface area contributed by atoms with Crippen LogP contribution in [0, 0.1) is 0 Å². The lowest BCUT2D eigenvalue weighted by molar-refractivity contribution is -0.540. The van der Waals surface area contributed by atoms with Crippen molar-refractivity contribution >= 4 is 0 Å². The molecular weight excluding hydrogens is 299 g/mol. The third-order valence-electron chi connectivity index (χ3n) is 3.16. The summed E-state index contributed by atoms with van der Waals surface area (Å²) in [5.74, 6) is 0.420. The first-order chi connectivity index (χ1) is 8.61. The van der Waals surface area contributed by atoms with Gasteiger partial charge in [0.2, 0.25) is 0 Å². The van der Waals surface area contributed by atoms with Gasteiger partial charge in [0, 0.05) is 0 Å². The van der Waals surface area contributed by atoms with Crippen LogP contribution in [-0.4, -0.2) is 10.2 Å². The average Bonchev–Trinajstić information content (AvgIpc) is 2.38. The third kappa shape index (κ3) is 3.77. The molecule has 0 saturated heterocycles. The van der Waals surface area contributed by atoms with Crippen LogP contribution in [0.2, 0.25) is 0 Å². The van der Waals surface area contributed by atoms with E-state index >= 15 is 0 Å². The molecule has 4 nitrogen and oxygen atoms in total. The van der Waals surface area contributed by atoms with Gasteiger partial charge in [0.1, 0.15) is 11.5 Å². The maximum atomic E-state index is 9.82. The van der Waals surface area contributed by atoms with Crippen LogP contribution in [0.3, 0.4) is 0 Å². The van der Waals surface area contributed by atoms with Crippen molar-refractivity contribution in [2.75, 3.05) is 0 Å². The van der Waals surface area contributed by atoms with Gasteiger partial charge >= 0.3 is 0 Å². The molecule has 2 aromatic carbocycles. The smallest absolute Gasteiger partial charge is 0.170 e. The highest BCUT2D eigenvalue weighted by Crippen LogP contribution is 2.31. The van der Waals surface area contributed by atoms with E-state index in [9.17, 15) is 10.2 Å². The summed E-state index contributed by atoms with van der Waals surface area (Å²) < 4.78 is 0. The molecule has 0 saturated carbocycles. The predicted octanol–water partition coefficient (Wildman–Crippen LogP) is -5.63. The number of phenols is 2. The van der Waals surface area contributed by atoms with E-state index in [-0.39, 0.29) is 48.4 Å². The molecule has 0 bridgehead atoms. The number of halogens is 2. The van der Waals surface area contributed by atoms with Gasteiger partial charge in [-0.1, -0.05) is 24.3 Å². The molecule has 0 heterocycles. The molecule has 0 amide bonds. The minimum Gasteiger partial charge on any atom is -1.00 e. The average molecular weight is 317 g/mol. The van der Waals surface area contributed by atoms with Gasteiger partial charge in [-0.25, -0.2) is 0 Å². The number of phenolic OH excluding ortho intramolecular Hbond substituents is 2. The molecule has 0 aromatic heterocycles. The Morgan fingerprint density at radius 3 is 1.25 bits per heavy atom. The van der Waals surface area contributed by atoms with Crippen molar-refractivity contribution in [2.24, 2.45) is 0 Å². The number of hydrogen-bond acceptors (Lipinski definition) is 2. The van der Waals surface area contributed by atoms with Crippen molar-refractivity contribution in [2.45, 2.75) is 12.1 Å². The Kier molecular flexibility index (Phi) is 7.39. The number of hydrogen-bond donors (Lipinski definition) is 4. The zero-order chi connectivity index (χ0) is 13.1. The minimum atomic E-state index is -0.223. The molecule has 8 N–H and O–H groups in total. The van der Waals surface area contributed by atoms with E-state index in [2.05, 4.69) is 11.5 Å². The lowest BCUT2D eigenvalue weighted by Gasteiger charge is -2.16. The van der Waals surface area contributed by atoms with Crippen molar-refractivity contribution in [3.63, 3.8) is 0 Å². The number of aromatic hydroxyl groups is 2. The molecular formula is C14H18Cl2N2O2. The summed E-state index contributed by atoms with van der Waals surface area (Å²) in [4.78, 5) is 0. The van der Waals surface area contributed by atoms with Crippen molar-refractivity contribution < 1.29 is 46.5 Å². The van der Waals surface area contributed by atoms with Crippen LogP contribution in [0.5, 0.6) is 11.5 Å². The summed E-state index contributed by atoms with van der Waals surface area (Å²) in [6.07, 6.45) is 0. The molecule has 2 atom stereocenters. The quantitative estimate of drug-likeness (QED) is 0.454. The summed E-state index contributed by atoms with van der Waals surface area (Å²) in [7, 11) is 0. The van der Waals surface area contributed by atoms with E-state index in [0.29, 0.717) is 0 Å². The number of benzene rings is 2. The van der Waals surface area contributed by atoms with Crippen LogP contribution in [0.1, 0.15) is 23.2 Å². The molecule has 2 aromatic rings. The van der Waals surface area contributed by atoms with Gasteiger partial charge in [-0.05, 0) is 24.3 Å². The fraction of sp³-hybridized carbons (Fsp3) is 0.143. The van der Waals surface area contributed by atoms with E-state index in [1.54, 1.807) is 24.3 Å². The van der Waals surface area contributed by atoms with Crippen molar-refractivity contribution in [3.8, 4) is 11.5 Å². The number of para-hydroxylation sites is 2. The lowest BCUT2D eigenvalue weighted by atomic mass is 9.94. The highest BCUT2D eigenvalue weighted by molar-refractivity contribution is 5.38.